The molecule has 28 heavy (non-hydrogen) atoms. The fourth-order valence-electron chi connectivity index (χ4n) is 4.88. The first-order valence-electron chi connectivity index (χ1n) is 11.6. The molecule has 0 aromatic carbocycles. The molecule has 160 valence electrons. The number of amides is 1. The molecule has 1 heterocycles. The maximum Gasteiger partial charge on any atom is 0.225 e. The highest BCUT2D eigenvalue weighted by molar-refractivity contribution is 5.81. The van der Waals surface area contributed by atoms with Crippen molar-refractivity contribution >= 4 is 11.9 Å². The summed E-state index contributed by atoms with van der Waals surface area (Å²) in [5, 5.41) is 6.86. The highest BCUT2D eigenvalue weighted by Gasteiger charge is 2.31. The van der Waals surface area contributed by atoms with Crippen LogP contribution in [0.25, 0.3) is 0 Å². The van der Waals surface area contributed by atoms with E-state index in [-0.39, 0.29) is 5.92 Å². The van der Waals surface area contributed by atoms with Gasteiger partial charge in [-0.15, -0.1) is 0 Å². The number of hydrogen-bond acceptors (Lipinski definition) is 3. The molecule has 0 aromatic rings. The molecular weight excluding hydrogens is 352 g/mol. The normalized spacial score (nSPS) is 25.5. The first-order chi connectivity index (χ1) is 13.8. The number of rotatable bonds is 6. The molecule has 2 aliphatic carbocycles. The van der Waals surface area contributed by atoms with Gasteiger partial charge in [0.15, 0.2) is 5.96 Å². The zero-order valence-electron chi connectivity index (χ0n) is 17.8. The minimum Gasteiger partial charge on any atom is -0.376 e. The van der Waals surface area contributed by atoms with Crippen molar-refractivity contribution in [3.63, 3.8) is 0 Å². The number of nitrogens with one attached hydrogen (secondary N) is 2. The highest BCUT2D eigenvalue weighted by Crippen LogP contribution is 2.26. The van der Waals surface area contributed by atoms with Crippen LogP contribution in [0.2, 0.25) is 0 Å². The predicted molar refractivity (Wildman–Crippen MR) is 113 cm³/mol. The van der Waals surface area contributed by atoms with Crippen molar-refractivity contribution in [1.82, 2.24) is 15.5 Å². The first kappa shape index (κ1) is 21.4. The molecular formula is C22H40N4O2. The lowest BCUT2D eigenvalue weighted by molar-refractivity contribution is -0.135. The number of aliphatic imine (C=N–C) groups is 1. The van der Waals surface area contributed by atoms with Crippen LogP contribution in [-0.2, 0) is 9.53 Å². The van der Waals surface area contributed by atoms with E-state index < -0.39 is 0 Å². The maximum atomic E-state index is 12.7. The molecule has 2 N–H and O–H groups in total. The summed E-state index contributed by atoms with van der Waals surface area (Å²) in [7, 11) is 1.81. The Morgan fingerprint density at radius 3 is 2.39 bits per heavy atom. The Morgan fingerprint density at radius 2 is 1.68 bits per heavy atom. The Labute approximate surface area is 170 Å². The van der Waals surface area contributed by atoms with Gasteiger partial charge in [-0.3, -0.25) is 9.79 Å². The van der Waals surface area contributed by atoms with E-state index >= 15 is 0 Å². The third kappa shape index (κ3) is 6.64. The number of guanidine groups is 1. The van der Waals surface area contributed by atoms with Gasteiger partial charge in [0.2, 0.25) is 5.91 Å². The summed E-state index contributed by atoms with van der Waals surface area (Å²) in [5.41, 5.74) is 0. The third-order valence-corrected chi connectivity index (χ3v) is 6.57. The standard InChI is InChI=1S/C22H40N4O2/c1-23-22(24-14-16-28-20-11-7-2-3-8-12-20)25-19-13-15-26(17-19)21(27)18-9-5-4-6-10-18/h18-20H,2-17H2,1H3,(H2,23,24,25). The maximum absolute atomic E-state index is 12.7. The van der Waals surface area contributed by atoms with Gasteiger partial charge < -0.3 is 20.3 Å². The van der Waals surface area contributed by atoms with Gasteiger partial charge in [-0.05, 0) is 32.1 Å². The molecule has 2 saturated carbocycles. The minimum atomic E-state index is 0.270. The topological polar surface area (TPSA) is 66.0 Å². The van der Waals surface area contributed by atoms with E-state index in [1.807, 2.05) is 0 Å². The quantitative estimate of drug-likeness (QED) is 0.316. The van der Waals surface area contributed by atoms with Crippen LogP contribution in [-0.4, -0.2) is 62.2 Å². The summed E-state index contributed by atoms with van der Waals surface area (Å²) in [6.07, 6.45) is 15.1. The van der Waals surface area contributed by atoms with Gasteiger partial charge in [0.25, 0.3) is 0 Å². The Hall–Kier alpha value is -1.30. The number of nitrogens with zero attached hydrogens (tertiary/aromatic N) is 2. The SMILES string of the molecule is CN=C(NCCOC1CCCCCC1)NC1CCN(C(=O)C2CCCCC2)C1. The summed E-state index contributed by atoms with van der Waals surface area (Å²) < 4.78 is 6.05. The summed E-state index contributed by atoms with van der Waals surface area (Å²) in [6, 6.07) is 0.293. The molecule has 6 heteroatoms. The fourth-order valence-corrected chi connectivity index (χ4v) is 4.88. The molecule has 3 aliphatic rings. The zero-order chi connectivity index (χ0) is 19.6. The largest absolute Gasteiger partial charge is 0.376 e. The summed E-state index contributed by atoms with van der Waals surface area (Å²) in [5.74, 6) is 1.47. The predicted octanol–water partition coefficient (Wildman–Crippen LogP) is 3.07. The van der Waals surface area contributed by atoms with Crippen LogP contribution in [0.15, 0.2) is 4.99 Å². The molecule has 3 fully saturated rings. The number of likely N-dealkylation sites (tertiary alicyclic amines) is 1. The van der Waals surface area contributed by atoms with Crippen molar-refractivity contribution in [2.24, 2.45) is 10.9 Å². The van der Waals surface area contributed by atoms with Crippen molar-refractivity contribution in [2.45, 2.75) is 89.2 Å². The van der Waals surface area contributed by atoms with Crippen LogP contribution in [0.1, 0.15) is 77.0 Å². The third-order valence-electron chi connectivity index (χ3n) is 6.57. The lowest BCUT2D eigenvalue weighted by atomic mass is 9.88. The van der Waals surface area contributed by atoms with Gasteiger partial charge in [0, 0.05) is 38.6 Å². The van der Waals surface area contributed by atoms with E-state index in [4.69, 9.17) is 4.74 Å². The molecule has 6 nitrogen and oxygen atoms in total. The van der Waals surface area contributed by atoms with Gasteiger partial charge in [-0.25, -0.2) is 0 Å². The summed E-state index contributed by atoms with van der Waals surface area (Å²) in [6.45, 7) is 3.17. The number of ether oxygens (including phenoxy) is 1. The average molecular weight is 393 g/mol. The number of hydrogen-bond donors (Lipinski definition) is 2. The van der Waals surface area contributed by atoms with Crippen molar-refractivity contribution in [3.05, 3.63) is 0 Å². The molecule has 0 aromatic heterocycles. The lowest BCUT2D eigenvalue weighted by Crippen LogP contribution is -2.46. The van der Waals surface area contributed by atoms with Gasteiger partial charge in [-0.2, -0.15) is 0 Å². The Morgan fingerprint density at radius 1 is 1.00 bits per heavy atom. The van der Waals surface area contributed by atoms with Gasteiger partial charge >= 0.3 is 0 Å². The molecule has 1 unspecified atom stereocenters. The van der Waals surface area contributed by atoms with Gasteiger partial charge in [0.1, 0.15) is 0 Å². The lowest BCUT2D eigenvalue weighted by Gasteiger charge is -2.26. The molecule has 1 saturated heterocycles. The van der Waals surface area contributed by atoms with Gasteiger partial charge in [-0.1, -0.05) is 44.9 Å². The number of carbonyl (C=O) groups is 1. The minimum absolute atomic E-state index is 0.270. The second-order valence-corrected chi connectivity index (χ2v) is 8.73. The monoisotopic (exact) mass is 392 g/mol. The number of carbonyl (C=O) groups excluding carboxylic acids is 1. The van der Waals surface area contributed by atoms with E-state index in [0.717, 1.165) is 51.5 Å². The van der Waals surface area contributed by atoms with Crippen molar-refractivity contribution in [3.8, 4) is 0 Å². The smallest absolute Gasteiger partial charge is 0.225 e. The van der Waals surface area contributed by atoms with Crippen LogP contribution in [0.5, 0.6) is 0 Å². The van der Waals surface area contributed by atoms with E-state index in [1.165, 1.54) is 57.8 Å². The van der Waals surface area contributed by atoms with Crippen molar-refractivity contribution in [2.75, 3.05) is 33.3 Å². The van der Waals surface area contributed by atoms with E-state index in [1.54, 1.807) is 7.05 Å². The molecule has 0 radical (unpaired) electrons. The van der Waals surface area contributed by atoms with E-state index in [0.29, 0.717) is 18.1 Å². The molecule has 3 rings (SSSR count). The molecule has 1 atom stereocenters. The molecule has 1 amide bonds. The van der Waals surface area contributed by atoms with Gasteiger partial charge in [0.05, 0.1) is 12.7 Å². The van der Waals surface area contributed by atoms with Crippen molar-refractivity contribution < 1.29 is 9.53 Å². The molecule has 0 spiro atoms. The summed E-state index contributed by atoms with van der Waals surface area (Å²) in [4.78, 5) is 19.1. The van der Waals surface area contributed by atoms with E-state index in [2.05, 4.69) is 20.5 Å². The Balaban J connectivity index is 1.32. The van der Waals surface area contributed by atoms with Crippen LogP contribution in [0.4, 0.5) is 0 Å². The zero-order valence-corrected chi connectivity index (χ0v) is 17.8. The molecule has 1 aliphatic heterocycles. The van der Waals surface area contributed by atoms with Crippen LogP contribution >= 0.6 is 0 Å². The molecule has 0 bridgehead atoms. The first-order valence-corrected chi connectivity index (χ1v) is 11.6. The van der Waals surface area contributed by atoms with Crippen LogP contribution in [0.3, 0.4) is 0 Å². The Bertz CT molecular complexity index is 497. The Kier molecular flexibility index (Phi) is 8.90. The van der Waals surface area contributed by atoms with E-state index in [9.17, 15) is 4.79 Å². The average Bonchev–Trinajstić information content (AvgIpc) is 3.04. The fraction of sp³-hybridized carbons (Fsp3) is 0.909. The van der Waals surface area contributed by atoms with Crippen LogP contribution < -0.4 is 10.6 Å². The van der Waals surface area contributed by atoms with Crippen LogP contribution in [0, 0.1) is 5.92 Å². The second-order valence-electron chi connectivity index (χ2n) is 8.73. The summed E-state index contributed by atoms with van der Waals surface area (Å²) >= 11 is 0. The highest BCUT2D eigenvalue weighted by atomic mass is 16.5. The van der Waals surface area contributed by atoms with Crippen molar-refractivity contribution in [1.29, 1.82) is 0 Å². The second kappa shape index (κ2) is 11.6.